The van der Waals surface area contributed by atoms with Gasteiger partial charge in [0.1, 0.15) is 48.3 Å². The molecule has 0 aliphatic carbocycles. The van der Waals surface area contributed by atoms with Gasteiger partial charge in [0.15, 0.2) is 0 Å². The minimum Gasteiger partial charge on any atom is -0.473 e. The van der Waals surface area contributed by atoms with Crippen LogP contribution in [0.4, 0.5) is 5.82 Å². The molecule has 160 valence electrons. The molecule has 1 atom stereocenters. The van der Waals surface area contributed by atoms with Crippen LogP contribution in [-0.2, 0) is 16.0 Å². The second-order valence-corrected chi connectivity index (χ2v) is 6.83. The largest absolute Gasteiger partial charge is 0.473 e. The van der Waals surface area contributed by atoms with Crippen molar-refractivity contribution in [1.29, 1.82) is 10.5 Å². The molecule has 1 heterocycles. The van der Waals surface area contributed by atoms with E-state index in [1.54, 1.807) is 24.3 Å². The van der Waals surface area contributed by atoms with Crippen LogP contribution in [0.5, 0.6) is 5.88 Å². The number of rotatable bonds is 8. The van der Waals surface area contributed by atoms with E-state index in [4.69, 9.17) is 20.9 Å². The Bertz CT molecular complexity index is 1170. The lowest BCUT2D eigenvalue weighted by atomic mass is 9.96. The second kappa shape index (κ2) is 10.6. The molecule has 0 radical (unpaired) electrons. The molecule has 8 nitrogen and oxygen atoms in total. The Kier molecular flexibility index (Phi) is 7.37. The molecule has 2 aromatic carbocycles. The molecule has 0 saturated carbocycles. The summed E-state index contributed by atoms with van der Waals surface area (Å²) in [5, 5.41) is 19.2. The first-order chi connectivity index (χ1) is 15.5. The minimum absolute atomic E-state index is 0.0347. The average molecular weight is 427 g/mol. The Morgan fingerprint density at radius 1 is 0.969 bits per heavy atom. The zero-order valence-electron chi connectivity index (χ0n) is 17.2. The normalized spacial score (nSPS) is 11.1. The van der Waals surface area contributed by atoms with E-state index in [2.05, 4.69) is 4.98 Å². The number of aromatic nitrogens is 1. The highest BCUT2D eigenvalue weighted by Crippen LogP contribution is 2.34. The third-order valence-corrected chi connectivity index (χ3v) is 4.65. The van der Waals surface area contributed by atoms with Crippen molar-refractivity contribution in [3.05, 3.63) is 77.4 Å². The summed E-state index contributed by atoms with van der Waals surface area (Å²) < 4.78 is 10.8. The van der Waals surface area contributed by atoms with Crippen LogP contribution in [0.1, 0.15) is 16.7 Å². The van der Waals surface area contributed by atoms with Gasteiger partial charge in [-0.05, 0) is 17.5 Å². The highest BCUT2D eigenvalue weighted by Gasteiger charge is 2.21. The molecular formula is C24H21N5O3. The van der Waals surface area contributed by atoms with Crippen molar-refractivity contribution < 1.29 is 14.3 Å². The van der Waals surface area contributed by atoms with E-state index >= 15 is 0 Å². The van der Waals surface area contributed by atoms with Crippen LogP contribution in [-0.4, -0.2) is 30.2 Å². The van der Waals surface area contributed by atoms with E-state index in [0.29, 0.717) is 17.5 Å². The zero-order chi connectivity index (χ0) is 22.9. The lowest BCUT2D eigenvalue weighted by molar-refractivity contribution is -0.145. The first-order valence-corrected chi connectivity index (χ1v) is 9.83. The van der Waals surface area contributed by atoms with Gasteiger partial charge < -0.3 is 20.9 Å². The molecule has 0 bridgehead atoms. The van der Waals surface area contributed by atoms with Crippen LogP contribution in [0, 0.1) is 22.7 Å². The first-order valence-electron chi connectivity index (χ1n) is 9.83. The first kappa shape index (κ1) is 22.3. The van der Waals surface area contributed by atoms with Crippen LogP contribution in [0.15, 0.2) is 60.7 Å². The molecule has 3 aromatic rings. The summed E-state index contributed by atoms with van der Waals surface area (Å²) in [4.78, 5) is 16.2. The number of carbonyl (C=O) groups excluding carboxylic acids is 1. The summed E-state index contributed by atoms with van der Waals surface area (Å²) >= 11 is 0. The molecule has 1 aromatic heterocycles. The van der Waals surface area contributed by atoms with Gasteiger partial charge in [-0.25, -0.2) is 0 Å². The van der Waals surface area contributed by atoms with Crippen molar-refractivity contribution in [2.75, 3.05) is 18.9 Å². The number of esters is 1. The Balaban J connectivity index is 1.68. The van der Waals surface area contributed by atoms with E-state index in [0.717, 1.165) is 5.56 Å². The number of pyridine rings is 1. The highest BCUT2D eigenvalue weighted by atomic mass is 16.6. The predicted octanol–water partition coefficient (Wildman–Crippen LogP) is 2.57. The van der Waals surface area contributed by atoms with Crippen LogP contribution in [0.2, 0.25) is 0 Å². The molecule has 0 fully saturated rings. The van der Waals surface area contributed by atoms with Gasteiger partial charge in [0.25, 0.3) is 0 Å². The summed E-state index contributed by atoms with van der Waals surface area (Å²) in [5.41, 5.74) is 13.9. The van der Waals surface area contributed by atoms with E-state index < -0.39 is 12.0 Å². The van der Waals surface area contributed by atoms with Gasteiger partial charge in [0, 0.05) is 5.56 Å². The smallest absolute Gasteiger partial charge is 0.323 e. The molecule has 32 heavy (non-hydrogen) atoms. The van der Waals surface area contributed by atoms with Crippen molar-refractivity contribution in [1.82, 2.24) is 4.98 Å². The van der Waals surface area contributed by atoms with Crippen molar-refractivity contribution >= 4 is 11.8 Å². The van der Waals surface area contributed by atoms with Gasteiger partial charge in [-0.3, -0.25) is 4.79 Å². The van der Waals surface area contributed by atoms with Crippen LogP contribution in [0.25, 0.3) is 11.1 Å². The lowest BCUT2D eigenvalue weighted by Gasteiger charge is -2.15. The summed E-state index contributed by atoms with van der Waals surface area (Å²) in [7, 11) is 0. The molecule has 0 saturated heterocycles. The topological polar surface area (TPSA) is 148 Å². The molecule has 0 aliphatic heterocycles. The summed E-state index contributed by atoms with van der Waals surface area (Å²) in [5.74, 6) is -0.648. The van der Waals surface area contributed by atoms with E-state index in [1.807, 2.05) is 48.5 Å². The summed E-state index contributed by atoms with van der Waals surface area (Å²) in [6, 6.07) is 21.5. The molecule has 0 amide bonds. The van der Waals surface area contributed by atoms with Gasteiger partial charge in [-0.2, -0.15) is 15.5 Å². The Hall–Kier alpha value is -4.40. The second-order valence-electron chi connectivity index (χ2n) is 6.83. The predicted molar refractivity (Wildman–Crippen MR) is 118 cm³/mol. The lowest BCUT2D eigenvalue weighted by Crippen LogP contribution is -2.35. The molecule has 4 N–H and O–H groups in total. The van der Waals surface area contributed by atoms with Gasteiger partial charge in [0.2, 0.25) is 5.88 Å². The number of carbonyl (C=O) groups is 1. The number of anilines is 1. The van der Waals surface area contributed by atoms with Crippen molar-refractivity contribution in [2.45, 2.75) is 12.5 Å². The maximum atomic E-state index is 12.1. The SMILES string of the molecule is N#Cc1c(N)nc(OCCOC(=O)C(N)Cc2ccccc2)c(C#N)c1-c1ccccc1. The monoisotopic (exact) mass is 427 g/mol. The van der Waals surface area contributed by atoms with Crippen LogP contribution in [0.3, 0.4) is 0 Å². The molecule has 0 aliphatic rings. The van der Waals surface area contributed by atoms with Gasteiger partial charge in [-0.15, -0.1) is 0 Å². The van der Waals surface area contributed by atoms with Crippen molar-refractivity contribution in [2.24, 2.45) is 5.73 Å². The number of hydrogen-bond donors (Lipinski definition) is 2. The molecule has 1 unspecified atom stereocenters. The third kappa shape index (κ3) is 5.20. The molecule has 3 rings (SSSR count). The maximum absolute atomic E-state index is 12.1. The molecular weight excluding hydrogens is 406 g/mol. The summed E-state index contributed by atoms with van der Waals surface area (Å²) in [6.45, 7) is -0.153. The fourth-order valence-corrected chi connectivity index (χ4v) is 3.14. The Labute approximate surface area is 185 Å². The molecule has 8 heteroatoms. The summed E-state index contributed by atoms with van der Waals surface area (Å²) in [6.07, 6.45) is 0.354. The van der Waals surface area contributed by atoms with Gasteiger partial charge >= 0.3 is 5.97 Å². The number of benzene rings is 2. The number of ether oxygens (including phenoxy) is 2. The average Bonchev–Trinajstić information content (AvgIpc) is 2.82. The number of nitrogens with two attached hydrogens (primary N) is 2. The zero-order valence-corrected chi connectivity index (χ0v) is 17.2. The fourth-order valence-electron chi connectivity index (χ4n) is 3.14. The molecule has 0 spiro atoms. The number of hydrogen-bond acceptors (Lipinski definition) is 8. The fraction of sp³-hybridized carbons (Fsp3) is 0.167. The van der Waals surface area contributed by atoms with Crippen LogP contribution < -0.4 is 16.2 Å². The van der Waals surface area contributed by atoms with Crippen LogP contribution >= 0.6 is 0 Å². The van der Waals surface area contributed by atoms with Crippen molar-refractivity contribution in [3.63, 3.8) is 0 Å². The number of nitrogens with zero attached hydrogens (tertiary/aromatic N) is 3. The maximum Gasteiger partial charge on any atom is 0.323 e. The Morgan fingerprint density at radius 2 is 1.59 bits per heavy atom. The number of nitriles is 2. The van der Waals surface area contributed by atoms with E-state index in [1.165, 1.54) is 0 Å². The standard InChI is InChI=1S/C24H21N5O3/c25-14-18-21(17-9-5-2-6-10-17)19(15-26)23(29-22(18)28)31-11-12-32-24(30)20(27)13-16-7-3-1-4-8-16/h1-10,20H,11-13,27H2,(H2,28,29). The van der Waals surface area contributed by atoms with E-state index in [9.17, 15) is 15.3 Å². The van der Waals surface area contributed by atoms with Gasteiger partial charge in [0.05, 0.1) is 0 Å². The quantitative estimate of drug-likeness (QED) is 0.411. The number of nitrogen functional groups attached to an aromatic ring is 1. The van der Waals surface area contributed by atoms with E-state index in [-0.39, 0.29) is 36.0 Å². The minimum atomic E-state index is -0.805. The van der Waals surface area contributed by atoms with Gasteiger partial charge in [-0.1, -0.05) is 60.7 Å². The highest BCUT2D eigenvalue weighted by molar-refractivity contribution is 5.82. The Morgan fingerprint density at radius 3 is 2.22 bits per heavy atom. The third-order valence-electron chi connectivity index (χ3n) is 4.65. The van der Waals surface area contributed by atoms with Crippen molar-refractivity contribution in [3.8, 4) is 29.1 Å².